The summed E-state index contributed by atoms with van der Waals surface area (Å²) >= 11 is 0. The summed E-state index contributed by atoms with van der Waals surface area (Å²) in [6.07, 6.45) is 16.5. The number of aliphatic hydroxyl groups excluding tert-OH is 2. The molecular weight excluding hydrogens is 1330 g/mol. The minimum atomic E-state index is -4.94. The molecule has 4 heterocycles. The molecule has 0 radical (unpaired) electrons. The number of nitrogens with zero attached hydrogens (tertiary/aromatic N) is 8. The average molecular weight is 1390 g/mol. The van der Waals surface area contributed by atoms with Crippen LogP contribution in [0.4, 0.5) is 0 Å². The Morgan fingerprint density at radius 3 is 0.663 bits per heavy atom. The van der Waals surface area contributed by atoms with Gasteiger partial charge in [0.15, 0.2) is 0 Å². The van der Waals surface area contributed by atoms with Crippen molar-refractivity contribution in [1.82, 2.24) is 19.9 Å². The van der Waals surface area contributed by atoms with E-state index in [0.29, 0.717) is 71.4 Å². The van der Waals surface area contributed by atoms with Gasteiger partial charge >= 0.3 is 34.1 Å². The Hall–Kier alpha value is -8.22. The molecule has 30 heteroatoms. The van der Waals surface area contributed by atoms with Gasteiger partial charge in [0.05, 0.1) is 28.4 Å². The van der Waals surface area contributed by atoms with Crippen molar-refractivity contribution < 1.29 is 141 Å². The van der Waals surface area contributed by atoms with E-state index in [-0.39, 0.29) is 57.1 Å². The molecule has 0 spiro atoms. The van der Waals surface area contributed by atoms with Gasteiger partial charge in [-0.3, -0.25) is 39.9 Å². The molecule has 26 nitrogen and oxygen atoms in total. The Bertz CT molecular complexity index is 2860. The van der Waals surface area contributed by atoms with E-state index in [1.165, 1.54) is 52.7 Å². The minimum absolute atomic E-state index is 0. The van der Waals surface area contributed by atoms with Gasteiger partial charge in [-0.2, -0.15) is 0 Å². The smallest absolute Gasteiger partial charge is 0.872 e. The van der Waals surface area contributed by atoms with Crippen LogP contribution in [0.1, 0.15) is 45.0 Å². The van der Waals surface area contributed by atoms with Gasteiger partial charge in [0.1, 0.15) is 23.0 Å². The van der Waals surface area contributed by atoms with Crippen molar-refractivity contribution in [2.45, 2.75) is 25.7 Å². The SMILES string of the molecule is CO.CO.COc1ccc(C=NCCc2ccccn2)c([O-])c1.COc1ccc(C=NCCc2ccccn2)c([O-])c1.COc1ccc(C=NCCc2ccccn2)c([O-])c1.COc1ccc(C=NCCc2ccccn2)c([O-])c1.[Mn+3].[Mn+3].[O-][Cl+3]([O-])([O-])[O-].[O-][Cl+3]([O-])([O-])[O-]. The largest absolute Gasteiger partial charge is 3.00 e. The van der Waals surface area contributed by atoms with Crippen molar-refractivity contribution in [1.29, 1.82) is 0 Å². The summed E-state index contributed by atoms with van der Waals surface area (Å²) in [6.45, 7) is 2.45. The van der Waals surface area contributed by atoms with Crippen LogP contribution in [0.2, 0.25) is 0 Å². The molecule has 0 bridgehead atoms. The molecule has 492 valence electrons. The van der Waals surface area contributed by atoms with Crippen LogP contribution in [0.3, 0.4) is 0 Å². The van der Waals surface area contributed by atoms with Crippen molar-refractivity contribution in [3.05, 3.63) is 215 Å². The Morgan fingerprint density at radius 1 is 0.337 bits per heavy atom. The monoisotopic (exact) mass is 1390 g/mol. The van der Waals surface area contributed by atoms with E-state index in [1.54, 1.807) is 98.2 Å². The van der Waals surface area contributed by atoms with Crippen LogP contribution in [0.15, 0.2) is 190 Å². The topological polar surface area (TPSA) is 455 Å². The Balaban J connectivity index is 0. The van der Waals surface area contributed by atoms with Crippen LogP contribution < -0.4 is 76.6 Å². The molecule has 4 aromatic carbocycles. The number of benzene rings is 4. The van der Waals surface area contributed by atoms with Gasteiger partial charge in [0, 0.05) is 139 Å². The first kappa shape index (κ1) is 85.8. The van der Waals surface area contributed by atoms with E-state index in [9.17, 15) is 20.4 Å². The van der Waals surface area contributed by atoms with Crippen molar-refractivity contribution >= 4 is 24.9 Å². The number of aliphatic imine (C=N–C) groups is 4. The second-order valence-electron chi connectivity index (χ2n) is 16.8. The number of methoxy groups -OCH3 is 4. The summed E-state index contributed by atoms with van der Waals surface area (Å²) in [5.41, 5.74) is 6.27. The number of rotatable bonds is 20. The van der Waals surface area contributed by atoms with Crippen LogP contribution in [-0.4, -0.2) is 124 Å². The maximum absolute atomic E-state index is 11.7. The first-order chi connectivity index (χ1) is 43.2. The fourth-order valence-electron chi connectivity index (χ4n) is 6.55. The third-order valence-electron chi connectivity index (χ3n) is 10.7. The number of ether oxygens (including phenoxy) is 4. The first-order valence-electron chi connectivity index (χ1n) is 26.3. The molecule has 0 aliphatic carbocycles. The quantitative estimate of drug-likeness (QED) is 0.0567. The molecule has 2 N–H and O–H groups in total. The van der Waals surface area contributed by atoms with Crippen LogP contribution in [0, 0.1) is 20.5 Å². The zero-order valence-corrected chi connectivity index (χ0v) is 54.5. The number of pyridine rings is 4. The Labute approximate surface area is 559 Å². The third-order valence-corrected chi connectivity index (χ3v) is 10.7. The van der Waals surface area contributed by atoms with E-state index >= 15 is 0 Å². The second-order valence-corrected chi connectivity index (χ2v) is 18.3. The molecule has 0 atom stereocenters. The summed E-state index contributed by atoms with van der Waals surface area (Å²) in [6, 6.07) is 42.9. The Morgan fingerprint density at radius 2 is 0.522 bits per heavy atom. The predicted molar refractivity (Wildman–Crippen MR) is 308 cm³/mol. The van der Waals surface area contributed by atoms with Gasteiger partial charge in [-0.05, 0) is 119 Å². The van der Waals surface area contributed by atoms with E-state index in [1.807, 2.05) is 72.8 Å². The molecule has 0 amide bonds. The van der Waals surface area contributed by atoms with Gasteiger partial charge in [-0.1, -0.05) is 71.5 Å². The van der Waals surface area contributed by atoms with Crippen molar-refractivity contribution in [3.63, 3.8) is 0 Å². The average Bonchev–Trinajstić information content (AvgIpc) is 3.33. The summed E-state index contributed by atoms with van der Waals surface area (Å²) in [5, 5.41) is 60.7. The number of hydrogen-bond donors (Lipinski definition) is 2. The molecule has 4 aromatic heterocycles. The van der Waals surface area contributed by atoms with Gasteiger partial charge in [-0.15, -0.1) is 20.5 Å². The van der Waals surface area contributed by atoms with Crippen LogP contribution in [-0.2, 0) is 59.8 Å². The second kappa shape index (κ2) is 51.4. The molecule has 0 aliphatic heterocycles. The number of halogens is 2. The molecule has 8 aromatic rings. The van der Waals surface area contributed by atoms with E-state index in [0.717, 1.165) is 62.7 Å². The molecule has 0 aliphatic rings. The molecule has 92 heavy (non-hydrogen) atoms. The molecule has 0 fully saturated rings. The van der Waals surface area contributed by atoms with Gasteiger partial charge in [0.2, 0.25) is 0 Å². The summed E-state index contributed by atoms with van der Waals surface area (Å²) in [4.78, 5) is 33.8. The molecule has 0 saturated carbocycles. The minimum Gasteiger partial charge on any atom is -0.872 e. The number of hydrogen-bond acceptors (Lipinski definition) is 26. The predicted octanol–water partition coefficient (Wildman–Crippen LogP) is -3.00. The maximum Gasteiger partial charge on any atom is 3.00 e. The Kier molecular flexibility index (Phi) is 48.0. The van der Waals surface area contributed by atoms with Crippen LogP contribution in [0.5, 0.6) is 46.0 Å². The summed E-state index contributed by atoms with van der Waals surface area (Å²) < 4.78 is 87.9. The van der Waals surface area contributed by atoms with Crippen molar-refractivity contribution in [2.75, 3.05) is 68.8 Å². The fraction of sp³-hybridized carbons (Fsp3) is 0.226. The zero-order valence-electron chi connectivity index (χ0n) is 50.6. The standard InChI is InChI=1S/4C15H16N2O2.2CH4O.2ClHO4.2Mn/c4*1-19-14-6-5-12(15(18)10-14)11-16-9-7-13-4-2-3-8-17-13;2*1-2;2*2-1(3,4)5;;/h4*2-6,8,10-11,18H,7,9H2,1H3;2*2H,1H3;2*(H,2,3,4,5);;/q;;;;;;;;2*+3/p-6. The molecule has 0 saturated heterocycles. The number of aromatic nitrogens is 4. The number of aliphatic hydroxyl groups is 2. The van der Waals surface area contributed by atoms with Gasteiger partial charge in [0.25, 0.3) is 0 Å². The van der Waals surface area contributed by atoms with Gasteiger partial charge in [-0.25, -0.2) is 37.3 Å². The summed E-state index contributed by atoms with van der Waals surface area (Å²) in [7, 11) is -1.74. The van der Waals surface area contributed by atoms with Gasteiger partial charge < -0.3 is 49.6 Å². The molecule has 0 unspecified atom stereocenters. The third kappa shape index (κ3) is 42.7. The summed E-state index contributed by atoms with van der Waals surface area (Å²) in [5.74, 6) is 1.93. The van der Waals surface area contributed by atoms with Crippen molar-refractivity contribution in [2.24, 2.45) is 20.0 Å². The maximum atomic E-state index is 11.7. The zero-order chi connectivity index (χ0) is 67.0. The van der Waals surface area contributed by atoms with E-state index in [4.69, 9.17) is 66.4 Å². The fourth-order valence-corrected chi connectivity index (χ4v) is 6.55. The molecular formula is C62H68Cl2Mn2N8O18. The molecule has 8 rings (SSSR count). The normalized spacial score (nSPS) is 10.3. The van der Waals surface area contributed by atoms with Crippen LogP contribution in [0.25, 0.3) is 0 Å². The van der Waals surface area contributed by atoms with Crippen LogP contribution >= 0.6 is 0 Å². The first-order valence-corrected chi connectivity index (χ1v) is 28.8. The van der Waals surface area contributed by atoms with E-state index in [2.05, 4.69) is 39.9 Å². The van der Waals surface area contributed by atoms with Crippen molar-refractivity contribution in [3.8, 4) is 46.0 Å². The van der Waals surface area contributed by atoms with E-state index < -0.39 is 20.5 Å².